The first-order valence-electron chi connectivity index (χ1n) is 22.4. The molecular formula is C60H48N4. The SMILES string of the molecule is CC(C)(C)c1ccc2c(c1)C1(c3cc(-c4nc(-c5ccccc5)nc(-c5ccccc5)n4)ccc3-2)c2cc(-n3c4ccccc4c4ccccc43)ccc2-c2ccc(C(C)(C)C)cc21. The van der Waals surface area contributed by atoms with Crippen molar-refractivity contribution in [3.8, 4) is 62.1 Å². The number of nitrogens with zero attached hydrogens (tertiary/aromatic N) is 4. The summed E-state index contributed by atoms with van der Waals surface area (Å²) in [5.41, 5.74) is 18.5. The molecule has 0 aliphatic heterocycles. The summed E-state index contributed by atoms with van der Waals surface area (Å²) in [4.78, 5) is 15.6. The molecule has 4 heteroatoms. The molecule has 0 saturated carbocycles. The van der Waals surface area contributed by atoms with Crippen LogP contribution in [0.2, 0.25) is 0 Å². The van der Waals surface area contributed by atoms with Crippen LogP contribution in [0.3, 0.4) is 0 Å². The molecule has 0 amide bonds. The molecule has 1 atom stereocenters. The Bertz CT molecular complexity index is 3370. The molecule has 12 rings (SSSR count). The zero-order valence-corrected chi connectivity index (χ0v) is 37.1. The summed E-state index contributed by atoms with van der Waals surface area (Å²) in [5, 5.41) is 2.51. The van der Waals surface area contributed by atoms with E-state index in [0.717, 1.165) is 22.4 Å². The minimum absolute atomic E-state index is 0.0644. The third kappa shape index (κ3) is 5.64. The molecule has 64 heavy (non-hydrogen) atoms. The first-order chi connectivity index (χ1) is 31.0. The van der Waals surface area contributed by atoms with Gasteiger partial charge in [-0.05, 0) is 96.8 Å². The molecule has 0 bridgehead atoms. The van der Waals surface area contributed by atoms with Gasteiger partial charge in [0.25, 0.3) is 0 Å². The molecule has 2 aromatic heterocycles. The monoisotopic (exact) mass is 824 g/mol. The maximum absolute atomic E-state index is 5.25. The van der Waals surface area contributed by atoms with Crippen LogP contribution in [0.25, 0.3) is 83.9 Å². The van der Waals surface area contributed by atoms with Crippen LogP contribution in [-0.4, -0.2) is 19.5 Å². The summed E-state index contributed by atoms with van der Waals surface area (Å²) in [6.07, 6.45) is 0. The number of hydrogen-bond donors (Lipinski definition) is 0. The molecule has 2 aliphatic rings. The van der Waals surface area contributed by atoms with Gasteiger partial charge >= 0.3 is 0 Å². The summed E-state index contributed by atoms with van der Waals surface area (Å²) in [7, 11) is 0. The Morgan fingerprint density at radius 2 is 0.750 bits per heavy atom. The Morgan fingerprint density at radius 1 is 0.359 bits per heavy atom. The predicted molar refractivity (Wildman–Crippen MR) is 264 cm³/mol. The third-order valence-electron chi connectivity index (χ3n) is 13.8. The molecule has 0 fully saturated rings. The van der Waals surface area contributed by atoms with Gasteiger partial charge in [-0.25, -0.2) is 15.0 Å². The van der Waals surface area contributed by atoms with Crippen LogP contribution < -0.4 is 0 Å². The Labute approximate surface area is 375 Å². The van der Waals surface area contributed by atoms with Crippen molar-refractivity contribution in [1.29, 1.82) is 0 Å². The lowest BCUT2D eigenvalue weighted by atomic mass is 9.68. The summed E-state index contributed by atoms with van der Waals surface area (Å²) < 4.78 is 2.46. The third-order valence-corrected chi connectivity index (χ3v) is 13.8. The highest BCUT2D eigenvalue weighted by atomic mass is 15.0. The molecular weight excluding hydrogens is 777 g/mol. The Morgan fingerprint density at radius 3 is 1.23 bits per heavy atom. The van der Waals surface area contributed by atoms with Gasteiger partial charge in [-0.15, -0.1) is 0 Å². The van der Waals surface area contributed by atoms with Gasteiger partial charge in [0.1, 0.15) is 0 Å². The van der Waals surface area contributed by atoms with Crippen molar-refractivity contribution in [2.45, 2.75) is 57.8 Å². The minimum Gasteiger partial charge on any atom is -0.309 e. The van der Waals surface area contributed by atoms with E-state index in [-0.39, 0.29) is 10.8 Å². The maximum Gasteiger partial charge on any atom is 0.164 e. The van der Waals surface area contributed by atoms with E-state index >= 15 is 0 Å². The molecule has 0 radical (unpaired) electrons. The highest BCUT2D eigenvalue weighted by Crippen LogP contribution is 2.64. The van der Waals surface area contributed by atoms with Crippen molar-refractivity contribution in [3.05, 3.63) is 215 Å². The van der Waals surface area contributed by atoms with E-state index in [1.165, 1.54) is 77.4 Å². The predicted octanol–water partition coefficient (Wildman–Crippen LogP) is 14.9. The Hall–Kier alpha value is -7.43. The molecule has 2 aliphatic carbocycles. The lowest BCUT2D eigenvalue weighted by Crippen LogP contribution is -2.27. The zero-order valence-electron chi connectivity index (χ0n) is 37.1. The van der Waals surface area contributed by atoms with E-state index in [4.69, 9.17) is 15.0 Å². The lowest BCUT2D eigenvalue weighted by molar-refractivity contribution is 0.586. The number of aromatic nitrogens is 4. The molecule has 10 aromatic rings. The van der Waals surface area contributed by atoms with E-state index in [1.807, 2.05) is 36.4 Å². The van der Waals surface area contributed by atoms with E-state index < -0.39 is 5.41 Å². The molecule has 1 spiro atoms. The quantitative estimate of drug-likeness (QED) is 0.178. The number of benzene rings is 8. The van der Waals surface area contributed by atoms with Crippen LogP contribution in [-0.2, 0) is 16.2 Å². The van der Waals surface area contributed by atoms with Crippen molar-refractivity contribution in [1.82, 2.24) is 19.5 Å². The molecule has 1 unspecified atom stereocenters. The number of fused-ring (bicyclic) bond motifs is 13. The van der Waals surface area contributed by atoms with Crippen molar-refractivity contribution in [3.63, 3.8) is 0 Å². The average molecular weight is 825 g/mol. The van der Waals surface area contributed by atoms with Crippen LogP contribution in [0.4, 0.5) is 0 Å². The standard InChI is InChI=1S/C60H48N4/c1-58(2,3)40-26-30-44-43-29-25-39(57-62-55(37-17-9-7-10-18-37)61-56(63-57)38-19-11-8-12-20-38)33-49(43)60(50(44)34-40)51-35-41(59(4,5)6)27-31-45(51)46-32-28-42(36-52(46)60)64-53-23-15-13-21-47(53)48-22-14-16-24-54(48)64/h7-36H,1-6H3. The van der Waals surface area contributed by atoms with Crippen molar-refractivity contribution in [2.75, 3.05) is 0 Å². The second-order valence-electron chi connectivity index (χ2n) is 19.7. The molecule has 0 N–H and O–H groups in total. The van der Waals surface area contributed by atoms with Gasteiger partial charge in [-0.2, -0.15) is 0 Å². The van der Waals surface area contributed by atoms with E-state index in [1.54, 1.807) is 0 Å². The molecule has 8 aromatic carbocycles. The summed E-state index contributed by atoms with van der Waals surface area (Å²) in [5.74, 6) is 1.96. The highest BCUT2D eigenvalue weighted by Gasteiger charge is 2.52. The highest BCUT2D eigenvalue weighted by molar-refractivity contribution is 6.09. The van der Waals surface area contributed by atoms with Crippen molar-refractivity contribution >= 4 is 21.8 Å². The van der Waals surface area contributed by atoms with Gasteiger partial charge in [0.15, 0.2) is 17.5 Å². The number of para-hydroxylation sites is 2. The number of hydrogen-bond acceptors (Lipinski definition) is 3. The fourth-order valence-corrected chi connectivity index (χ4v) is 10.6. The van der Waals surface area contributed by atoms with Crippen molar-refractivity contribution < 1.29 is 0 Å². The average Bonchev–Trinajstić information content (AvgIpc) is 3.92. The van der Waals surface area contributed by atoms with Crippen LogP contribution in [0, 0.1) is 0 Å². The van der Waals surface area contributed by atoms with Crippen LogP contribution in [0.15, 0.2) is 182 Å². The fourth-order valence-electron chi connectivity index (χ4n) is 10.6. The van der Waals surface area contributed by atoms with Gasteiger partial charge < -0.3 is 4.57 Å². The van der Waals surface area contributed by atoms with Gasteiger partial charge in [0, 0.05) is 33.2 Å². The van der Waals surface area contributed by atoms with Gasteiger partial charge in [0.2, 0.25) is 0 Å². The normalized spacial score (nSPS) is 15.1. The van der Waals surface area contributed by atoms with Crippen LogP contribution in [0.1, 0.15) is 74.9 Å². The topological polar surface area (TPSA) is 43.6 Å². The Balaban J connectivity index is 1.18. The summed E-state index contributed by atoms with van der Waals surface area (Å²) >= 11 is 0. The summed E-state index contributed by atoms with van der Waals surface area (Å²) in [6.45, 7) is 14.0. The maximum atomic E-state index is 5.25. The first kappa shape index (κ1) is 38.3. The molecule has 308 valence electrons. The van der Waals surface area contributed by atoms with Crippen LogP contribution in [0.5, 0.6) is 0 Å². The van der Waals surface area contributed by atoms with Gasteiger partial charge in [0.05, 0.1) is 16.4 Å². The zero-order chi connectivity index (χ0) is 43.5. The second-order valence-corrected chi connectivity index (χ2v) is 19.7. The second kappa shape index (κ2) is 13.8. The molecule has 0 saturated heterocycles. The molecule has 4 nitrogen and oxygen atoms in total. The van der Waals surface area contributed by atoms with Gasteiger partial charge in [-0.3, -0.25) is 0 Å². The van der Waals surface area contributed by atoms with Gasteiger partial charge in [-0.1, -0.05) is 193 Å². The molecule has 2 heterocycles. The van der Waals surface area contributed by atoms with Crippen LogP contribution >= 0.6 is 0 Å². The largest absolute Gasteiger partial charge is 0.309 e. The van der Waals surface area contributed by atoms with E-state index in [9.17, 15) is 0 Å². The minimum atomic E-state index is -0.639. The first-order valence-corrected chi connectivity index (χ1v) is 22.4. The van der Waals surface area contributed by atoms with Crippen molar-refractivity contribution in [2.24, 2.45) is 0 Å². The smallest absolute Gasteiger partial charge is 0.164 e. The summed E-state index contributed by atoms with van der Waals surface area (Å²) in [6, 6.07) is 66.8. The van der Waals surface area contributed by atoms with E-state index in [2.05, 4.69) is 192 Å². The lowest BCUT2D eigenvalue weighted by Gasteiger charge is -2.33. The Kier molecular flexibility index (Phi) is 8.24. The fraction of sp³-hybridized carbons (Fsp3) is 0.150. The van der Waals surface area contributed by atoms with E-state index in [0.29, 0.717) is 17.5 Å². The number of rotatable bonds is 4.